The van der Waals surface area contributed by atoms with Crippen LogP contribution in [-0.2, 0) is 6.42 Å². The number of H-pyrrole nitrogens is 1. The van der Waals surface area contributed by atoms with Crippen LogP contribution in [0.5, 0.6) is 0 Å². The van der Waals surface area contributed by atoms with Crippen molar-refractivity contribution in [2.24, 2.45) is 5.92 Å². The van der Waals surface area contributed by atoms with Crippen LogP contribution in [-0.4, -0.2) is 16.7 Å². The van der Waals surface area contributed by atoms with E-state index in [2.05, 4.69) is 52.2 Å². The molecule has 0 aromatic carbocycles. The number of nitrogens with one attached hydrogen (secondary N) is 2. The molecule has 13 heavy (non-hydrogen) atoms. The Hall–Kier alpha value is -0.510. The summed E-state index contributed by atoms with van der Waals surface area (Å²) in [4.78, 5) is 0. The summed E-state index contributed by atoms with van der Waals surface area (Å²) in [6.45, 7) is 7.41. The third-order valence-electron chi connectivity index (χ3n) is 1.80. The molecule has 0 atom stereocenters. The second-order valence-corrected chi connectivity index (χ2v) is 4.28. The number of anilines is 1. The standard InChI is InChI=1S/C9H16BrN3/c1-4-7-8(10)9(13-12-7)11-5-6(2)3/h6H,4-5H2,1-3H3,(H2,11,12,13). The van der Waals surface area contributed by atoms with Crippen molar-refractivity contribution < 1.29 is 0 Å². The Morgan fingerprint density at radius 1 is 1.54 bits per heavy atom. The molecule has 1 aromatic rings. The largest absolute Gasteiger partial charge is 0.369 e. The summed E-state index contributed by atoms with van der Waals surface area (Å²) in [5, 5.41) is 10.5. The maximum absolute atomic E-state index is 4.18. The number of nitrogens with zero attached hydrogens (tertiary/aromatic N) is 1. The molecular weight excluding hydrogens is 230 g/mol. The van der Waals surface area contributed by atoms with Crippen LogP contribution in [0.1, 0.15) is 26.5 Å². The summed E-state index contributed by atoms with van der Waals surface area (Å²) < 4.78 is 1.07. The topological polar surface area (TPSA) is 40.7 Å². The zero-order valence-corrected chi connectivity index (χ0v) is 9.90. The molecule has 0 saturated carbocycles. The Labute approximate surface area is 87.4 Å². The monoisotopic (exact) mass is 245 g/mol. The van der Waals surface area contributed by atoms with Crippen LogP contribution < -0.4 is 5.32 Å². The van der Waals surface area contributed by atoms with Crippen LogP contribution in [0.25, 0.3) is 0 Å². The van der Waals surface area contributed by atoms with Gasteiger partial charge in [-0.3, -0.25) is 5.10 Å². The summed E-state index contributed by atoms with van der Waals surface area (Å²) in [6, 6.07) is 0. The molecule has 1 heterocycles. The second-order valence-electron chi connectivity index (χ2n) is 3.49. The van der Waals surface area contributed by atoms with Gasteiger partial charge >= 0.3 is 0 Å². The van der Waals surface area contributed by atoms with Gasteiger partial charge in [-0.05, 0) is 28.3 Å². The average Bonchev–Trinajstić information content (AvgIpc) is 2.43. The van der Waals surface area contributed by atoms with E-state index in [0.29, 0.717) is 5.92 Å². The second kappa shape index (κ2) is 4.65. The Bertz CT molecular complexity index is 268. The summed E-state index contributed by atoms with van der Waals surface area (Å²) >= 11 is 3.51. The van der Waals surface area contributed by atoms with Gasteiger partial charge in [0.2, 0.25) is 0 Å². The lowest BCUT2D eigenvalue weighted by Crippen LogP contribution is -2.08. The molecule has 74 valence electrons. The van der Waals surface area contributed by atoms with E-state index in [0.717, 1.165) is 29.0 Å². The molecule has 3 nitrogen and oxygen atoms in total. The van der Waals surface area contributed by atoms with Crippen molar-refractivity contribution in [2.75, 3.05) is 11.9 Å². The normalized spacial score (nSPS) is 10.8. The quantitative estimate of drug-likeness (QED) is 0.857. The highest BCUT2D eigenvalue weighted by atomic mass is 79.9. The molecule has 0 unspecified atom stereocenters. The van der Waals surface area contributed by atoms with E-state index in [1.807, 2.05) is 0 Å². The summed E-state index contributed by atoms with van der Waals surface area (Å²) in [5.41, 5.74) is 1.08. The number of halogens is 1. The molecule has 0 bridgehead atoms. The van der Waals surface area contributed by atoms with Crippen molar-refractivity contribution >= 4 is 21.7 Å². The minimum Gasteiger partial charge on any atom is -0.369 e. The first-order chi connectivity index (χ1) is 6.15. The zero-order chi connectivity index (χ0) is 9.84. The molecule has 0 aliphatic carbocycles. The van der Waals surface area contributed by atoms with Gasteiger partial charge in [0, 0.05) is 6.54 Å². The van der Waals surface area contributed by atoms with Crippen LogP contribution in [0.15, 0.2) is 4.47 Å². The van der Waals surface area contributed by atoms with Crippen LogP contribution in [0.2, 0.25) is 0 Å². The highest BCUT2D eigenvalue weighted by Gasteiger charge is 2.08. The van der Waals surface area contributed by atoms with Crippen LogP contribution in [0.3, 0.4) is 0 Å². The molecule has 2 N–H and O–H groups in total. The smallest absolute Gasteiger partial charge is 0.136 e. The number of hydrogen-bond donors (Lipinski definition) is 2. The predicted octanol–water partition coefficient (Wildman–Crippen LogP) is 2.80. The Kier molecular flexibility index (Phi) is 3.78. The van der Waals surface area contributed by atoms with E-state index in [9.17, 15) is 0 Å². The van der Waals surface area contributed by atoms with E-state index in [1.165, 1.54) is 0 Å². The summed E-state index contributed by atoms with van der Waals surface area (Å²) in [6.07, 6.45) is 0.945. The Morgan fingerprint density at radius 3 is 2.69 bits per heavy atom. The molecular formula is C9H16BrN3. The van der Waals surface area contributed by atoms with E-state index in [1.54, 1.807) is 0 Å². The highest BCUT2D eigenvalue weighted by Crippen LogP contribution is 2.23. The first-order valence-corrected chi connectivity index (χ1v) is 5.41. The molecule has 1 rings (SSSR count). The van der Waals surface area contributed by atoms with Gasteiger partial charge in [-0.1, -0.05) is 20.8 Å². The molecule has 0 aliphatic rings. The summed E-state index contributed by atoms with van der Waals surface area (Å²) in [7, 11) is 0. The van der Waals surface area contributed by atoms with Crippen molar-refractivity contribution in [3.8, 4) is 0 Å². The SMILES string of the molecule is CCc1n[nH]c(NCC(C)C)c1Br. The Balaban J connectivity index is 2.62. The van der Waals surface area contributed by atoms with Crippen molar-refractivity contribution in [3.05, 3.63) is 10.2 Å². The van der Waals surface area contributed by atoms with Crippen LogP contribution >= 0.6 is 15.9 Å². The van der Waals surface area contributed by atoms with Gasteiger partial charge in [-0.2, -0.15) is 5.10 Å². The van der Waals surface area contributed by atoms with E-state index < -0.39 is 0 Å². The minimum atomic E-state index is 0.639. The third-order valence-corrected chi connectivity index (χ3v) is 2.65. The van der Waals surface area contributed by atoms with Gasteiger partial charge in [-0.15, -0.1) is 0 Å². The molecule has 0 saturated heterocycles. The van der Waals surface area contributed by atoms with Crippen molar-refractivity contribution in [3.63, 3.8) is 0 Å². The van der Waals surface area contributed by atoms with Gasteiger partial charge in [0.25, 0.3) is 0 Å². The third kappa shape index (κ3) is 2.72. The first kappa shape index (κ1) is 10.6. The molecule has 1 aromatic heterocycles. The lowest BCUT2D eigenvalue weighted by molar-refractivity contribution is 0.686. The highest BCUT2D eigenvalue weighted by molar-refractivity contribution is 9.10. The molecule has 0 fully saturated rings. The minimum absolute atomic E-state index is 0.639. The van der Waals surface area contributed by atoms with Gasteiger partial charge in [0.15, 0.2) is 0 Å². The fourth-order valence-corrected chi connectivity index (χ4v) is 1.62. The maximum atomic E-state index is 4.18. The molecule has 0 amide bonds. The van der Waals surface area contributed by atoms with Gasteiger partial charge in [0.05, 0.1) is 10.2 Å². The fraction of sp³-hybridized carbons (Fsp3) is 0.667. The first-order valence-electron chi connectivity index (χ1n) is 4.61. The lowest BCUT2D eigenvalue weighted by atomic mass is 10.2. The van der Waals surface area contributed by atoms with Crippen molar-refractivity contribution in [1.82, 2.24) is 10.2 Å². The molecule has 4 heteroatoms. The van der Waals surface area contributed by atoms with Crippen LogP contribution in [0, 0.1) is 5.92 Å². The number of rotatable bonds is 4. The zero-order valence-electron chi connectivity index (χ0n) is 8.32. The fourth-order valence-electron chi connectivity index (χ4n) is 1.02. The van der Waals surface area contributed by atoms with Crippen LogP contribution in [0.4, 0.5) is 5.82 Å². The lowest BCUT2D eigenvalue weighted by Gasteiger charge is -2.06. The van der Waals surface area contributed by atoms with E-state index in [4.69, 9.17) is 0 Å². The van der Waals surface area contributed by atoms with Crippen molar-refractivity contribution in [1.29, 1.82) is 0 Å². The van der Waals surface area contributed by atoms with Gasteiger partial charge in [-0.25, -0.2) is 0 Å². The molecule has 0 aliphatic heterocycles. The van der Waals surface area contributed by atoms with Gasteiger partial charge < -0.3 is 5.32 Å². The predicted molar refractivity (Wildman–Crippen MR) is 59.0 cm³/mol. The molecule has 0 spiro atoms. The number of hydrogen-bond acceptors (Lipinski definition) is 2. The van der Waals surface area contributed by atoms with E-state index >= 15 is 0 Å². The number of aryl methyl sites for hydroxylation is 1. The Morgan fingerprint density at radius 2 is 2.23 bits per heavy atom. The average molecular weight is 246 g/mol. The summed E-state index contributed by atoms with van der Waals surface area (Å²) in [5.74, 6) is 1.63. The number of aromatic amines is 1. The maximum Gasteiger partial charge on any atom is 0.136 e. The number of aromatic nitrogens is 2. The van der Waals surface area contributed by atoms with E-state index in [-0.39, 0.29) is 0 Å². The van der Waals surface area contributed by atoms with Gasteiger partial charge in [0.1, 0.15) is 5.82 Å². The van der Waals surface area contributed by atoms with Crippen molar-refractivity contribution in [2.45, 2.75) is 27.2 Å². The molecule has 0 radical (unpaired) electrons.